The molecule has 180 valence electrons. The standard InChI is InChI=1S/C21H23N5O6S2/c1-31-19-12-20(32-2)25-21(24-19)26-34(29,30)16-7-5-14(6-8-16)23-18(28)10-9-17(27)22-13-15-4-3-11-33-15/h3-8,11-12H,9-10,13H2,1-2H3,(H,22,27)(H,23,28)(H,24,25,26). The Bertz CT molecular complexity index is 1210. The van der Waals surface area contributed by atoms with Gasteiger partial charge in [0.1, 0.15) is 0 Å². The molecule has 0 aliphatic carbocycles. The van der Waals surface area contributed by atoms with Gasteiger partial charge in [0.05, 0.1) is 31.7 Å². The van der Waals surface area contributed by atoms with Gasteiger partial charge in [0.15, 0.2) is 0 Å². The number of benzene rings is 1. The summed E-state index contributed by atoms with van der Waals surface area (Å²) in [5, 5.41) is 7.31. The van der Waals surface area contributed by atoms with Gasteiger partial charge < -0.3 is 20.1 Å². The van der Waals surface area contributed by atoms with E-state index in [1.165, 1.54) is 55.9 Å². The van der Waals surface area contributed by atoms with Crippen LogP contribution < -0.4 is 24.8 Å². The summed E-state index contributed by atoms with van der Waals surface area (Å²) in [5.74, 6) is -0.555. The summed E-state index contributed by atoms with van der Waals surface area (Å²) in [4.78, 5) is 32.9. The maximum atomic E-state index is 12.7. The zero-order valence-electron chi connectivity index (χ0n) is 18.4. The van der Waals surface area contributed by atoms with E-state index in [1.54, 1.807) is 0 Å². The molecule has 0 radical (unpaired) electrons. The van der Waals surface area contributed by atoms with Crippen LogP contribution in [0.15, 0.2) is 52.7 Å². The minimum absolute atomic E-state index is 0.00705. The molecule has 1 aromatic carbocycles. The van der Waals surface area contributed by atoms with E-state index in [4.69, 9.17) is 9.47 Å². The third kappa shape index (κ3) is 7.15. The second-order valence-electron chi connectivity index (χ2n) is 6.81. The predicted octanol–water partition coefficient (Wildman–Crippen LogP) is 2.39. The molecule has 3 rings (SSSR count). The highest BCUT2D eigenvalue weighted by Crippen LogP contribution is 2.21. The number of rotatable bonds is 11. The van der Waals surface area contributed by atoms with Crippen LogP contribution in [0.25, 0.3) is 0 Å². The molecule has 13 heteroatoms. The molecule has 2 heterocycles. The summed E-state index contributed by atoms with van der Waals surface area (Å²) >= 11 is 1.54. The highest BCUT2D eigenvalue weighted by Gasteiger charge is 2.18. The molecule has 34 heavy (non-hydrogen) atoms. The lowest BCUT2D eigenvalue weighted by Crippen LogP contribution is -2.24. The number of aromatic nitrogens is 2. The first-order chi connectivity index (χ1) is 16.3. The number of methoxy groups -OCH3 is 2. The average Bonchev–Trinajstić information content (AvgIpc) is 3.35. The summed E-state index contributed by atoms with van der Waals surface area (Å²) in [6, 6.07) is 10.7. The number of ether oxygens (including phenoxy) is 2. The summed E-state index contributed by atoms with van der Waals surface area (Å²) in [6.07, 6.45) is 0.0322. The quantitative estimate of drug-likeness (QED) is 0.360. The van der Waals surface area contributed by atoms with Crippen LogP contribution in [0.5, 0.6) is 11.8 Å². The highest BCUT2D eigenvalue weighted by molar-refractivity contribution is 7.92. The van der Waals surface area contributed by atoms with Crippen LogP contribution in [0.3, 0.4) is 0 Å². The largest absolute Gasteiger partial charge is 0.481 e. The van der Waals surface area contributed by atoms with Crippen LogP contribution >= 0.6 is 11.3 Å². The van der Waals surface area contributed by atoms with Gasteiger partial charge in [-0.2, -0.15) is 9.97 Å². The molecule has 0 spiro atoms. The summed E-state index contributed by atoms with van der Waals surface area (Å²) in [5.41, 5.74) is 0.391. The Morgan fingerprint density at radius 3 is 2.21 bits per heavy atom. The van der Waals surface area contributed by atoms with Crippen molar-refractivity contribution in [2.24, 2.45) is 0 Å². The normalized spacial score (nSPS) is 10.9. The van der Waals surface area contributed by atoms with Crippen molar-refractivity contribution < 1.29 is 27.5 Å². The molecule has 3 N–H and O–H groups in total. The number of hydrogen-bond acceptors (Lipinski definition) is 9. The van der Waals surface area contributed by atoms with Gasteiger partial charge in [-0.25, -0.2) is 13.1 Å². The molecule has 0 atom stereocenters. The Hall–Kier alpha value is -3.71. The zero-order valence-corrected chi connectivity index (χ0v) is 20.0. The van der Waals surface area contributed by atoms with E-state index < -0.39 is 10.0 Å². The fourth-order valence-electron chi connectivity index (χ4n) is 2.69. The number of carbonyl (C=O) groups excluding carboxylic acids is 2. The second kappa shape index (κ2) is 11.4. The molecule has 0 fully saturated rings. The minimum atomic E-state index is -4.01. The predicted molar refractivity (Wildman–Crippen MR) is 126 cm³/mol. The Morgan fingerprint density at radius 2 is 1.62 bits per heavy atom. The third-order valence-corrected chi connectivity index (χ3v) is 6.61. The van der Waals surface area contributed by atoms with Crippen molar-refractivity contribution in [1.29, 1.82) is 0 Å². The van der Waals surface area contributed by atoms with Gasteiger partial charge in [0.2, 0.25) is 29.5 Å². The van der Waals surface area contributed by atoms with E-state index in [9.17, 15) is 18.0 Å². The van der Waals surface area contributed by atoms with Gasteiger partial charge in [0.25, 0.3) is 10.0 Å². The fraction of sp³-hybridized carbons (Fsp3) is 0.238. The number of nitrogens with zero attached hydrogens (tertiary/aromatic N) is 2. The smallest absolute Gasteiger partial charge is 0.264 e. The molecule has 0 saturated heterocycles. The van der Waals surface area contributed by atoms with Crippen LogP contribution in [-0.2, 0) is 26.2 Å². The number of hydrogen-bond donors (Lipinski definition) is 3. The number of carbonyl (C=O) groups is 2. The Kier molecular flexibility index (Phi) is 8.38. The Labute approximate surface area is 200 Å². The van der Waals surface area contributed by atoms with Crippen LogP contribution in [0.4, 0.5) is 11.6 Å². The summed E-state index contributed by atoms with van der Waals surface area (Å²) < 4.78 is 37.6. The molecule has 0 aliphatic heterocycles. The van der Waals surface area contributed by atoms with Crippen molar-refractivity contribution in [3.05, 3.63) is 52.7 Å². The maximum Gasteiger partial charge on any atom is 0.264 e. The monoisotopic (exact) mass is 505 g/mol. The zero-order chi connectivity index (χ0) is 24.6. The van der Waals surface area contributed by atoms with E-state index in [0.29, 0.717) is 12.2 Å². The molecule has 2 amide bonds. The van der Waals surface area contributed by atoms with Crippen LogP contribution in [0.1, 0.15) is 17.7 Å². The van der Waals surface area contributed by atoms with Gasteiger partial charge >= 0.3 is 0 Å². The van der Waals surface area contributed by atoms with Crippen LogP contribution in [0.2, 0.25) is 0 Å². The van der Waals surface area contributed by atoms with E-state index in [0.717, 1.165) is 4.88 Å². The third-order valence-electron chi connectivity index (χ3n) is 4.39. The molecule has 3 aromatic rings. The topological polar surface area (TPSA) is 149 Å². The molecule has 2 aromatic heterocycles. The first-order valence-electron chi connectivity index (χ1n) is 9.98. The molecular weight excluding hydrogens is 482 g/mol. The van der Waals surface area contributed by atoms with Gasteiger partial charge in [-0.15, -0.1) is 11.3 Å². The Balaban J connectivity index is 1.53. The molecule has 0 saturated carbocycles. The maximum absolute atomic E-state index is 12.7. The molecular formula is C21H23N5O6S2. The highest BCUT2D eigenvalue weighted by atomic mass is 32.2. The first-order valence-corrected chi connectivity index (χ1v) is 12.3. The second-order valence-corrected chi connectivity index (χ2v) is 9.53. The van der Waals surface area contributed by atoms with Crippen molar-refractivity contribution in [2.45, 2.75) is 24.3 Å². The number of thiophene rings is 1. The Morgan fingerprint density at radius 1 is 0.971 bits per heavy atom. The number of anilines is 2. The van der Waals surface area contributed by atoms with Crippen molar-refractivity contribution in [3.63, 3.8) is 0 Å². The number of sulfonamides is 1. The van der Waals surface area contributed by atoms with Gasteiger partial charge in [-0.3, -0.25) is 9.59 Å². The van der Waals surface area contributed by atoms with Crippen molar-refractivity contribution in [2.75, 3.05) is 24.3 Å². The summed E-state index contributed by atoms with van der Waals surface area (Å²) in [6.45, 7) is 0.426. The van der Waals surface area contributed by atoms with E-state index >= 15 is 0 Å². The molecule has 11 nitrogen and oxygen atoms in total. The molecule has 0 bridgehead atoms. The van der Waals surface area contributed by atoms with Gasteiger partial charge in [0, 0.05) is 23.4 Å². The minimum Gasteiger partial charge on any atom is -0.481 e. The van der Waals surface area contributed by atoms with E-state index in [2.05, 4.69) is 25.3 Å². The van der Waals surface area contributed by atoms with E-state index in [-0.39, 0.29) is 47.3 Å². The molecule has 0 unspecified atom stereocenters. The first kappa shape index (κ1) is 24.9. The van der Waals surface area contributed by atoms with Crippen LogP contribution in [0, 0.1) is 0 Å². The van der Waals surface area contributed by atoms with Crippen molar-refractivity contribution in [3.8, 4) is 11.8 Å². The average molecular weight is 506 g/mol. The SMILES string of the molecule is COc1cc(OC)nc(NS(=O)(=O)c2ccc(NC(=O)CCC(=O)NCc3cccs3)cc2)n1. The van der Waals surface area contributed by atoms with Gasteiger partial charge in [-0.1, -0.05) is 6.07 Å². The molecule has 0 aliphatic rings. The fourth-order valence-corrected chi connectivity index (χ4v) is 4.28. The lowest BCUT2D eigenvalue weighted by atomic mass is 10.2. The summed E-state index contributed by atoms with van der Waals surface area (Å²) in [7, 11) is -1.25. The van der Waals surface area contributed by atoms with Crippen molar-refractivity contribution in [1.82, 2.24) is 15.3 Å². The van der Waals surface area contributed by atoms with Gasteiger partial charge in [-0.05, 0) is 35.7 Å². The number of amides is 2. The lowest BCUT2D eigenvalue weighted by Gasteiger charge is -2.10. The lowest BCUT2D eigenvalue weighted by molar-refractivity contribution is -0.124. The van der Waals surface area contributed by atoms with Crippen molar-refractivity contribution >= 4 is 44.8 Å². The number of nitrogens with one attached hydrogen (secondary N) is 3. The van der Waals surface area contributed by atoms with E-state index in [1.807, 2.05) is 17.5 Å². The van der Waals surface area contributed by atoms with Crippen LogP contribution in [-0.4, -0.2) is 44.4 Å².